The normalized spacial score (nSPS) is 25.1. The van der Waals surface area contributed by atoms with Crippen molar-refractivity contribution in [2.24, 2.45) is 0 Å². The maximum absolute atomic E-state index is 12.1. The molecule has 0 radical (unpaired) electrons. The van der Waals surface area contributed by atoms with E-state index in [2.05, 4.69) is 12.2 Å². The molecule has 0 spiro atoms. The minimum atomic E-state index is -0.0227. The lowest BCUT2D eigenvalue weighted by atomic mass is 9.99. The first-order valence-electron chi connectivity index (χ1n) is 6.39. The van der Waals surface area contributed by atoms with Gasteiger partial charge in [-0.25, -0.2) is 0 Å². The third-order valence-corrected chi connectivity index (χ3v) is 3.79. The predicted molar refractivity (Wildman–Crippen MR) is 70.5 cm³/mol. The van der Waals surface area contributed by atoms with E-state index >= 15 is 0 Å². The average Bonchev–Trinajstić information content (AvgIpc) is 2.96. The van der Waals surface area contributed by atoms with Crippen molar-refractivity contribution in [3.05, 3.63) is 41.0 Å². The fourth-order valence-corrected chi connectivity index (χ4v) is 2.57. The van der Waals surface area contributed by atoms with Crippen LogP contribution in [0.2, 0.25) is 0 Å². The molecule has 1 aromatic rings. The van der Waals surface area contributed by atoms with Crippen LogP contribution in [0.1, 0.15) is 24.0 Å². The fourth-order valence-electron chi connectivity index (χ4n) is 2.57. The minimum Gasteiger partial charge on any atom is -0.366 e. The van der Waals surface area contributed by atoms with E-state index < -0.39 is 0 Å². The van der Waals surface area contributed by atoms with Gasteiger partial charge >= 0.3 is 0 Å². The monoisotopic (exact) mass is 243 g/mol. The minimum absolute atomic E-state index is 0.0153. The quantitative estimate of drug-likeness (QED) is 0.867. The van der Waals surface area contributed by atoms with Crippen LogP contribution < -0.4 is 5.32 Å². The summed E-state index contributed by atoms with van der Waals surface area (Å²) in [5, 5.41) is 2.95. The highest BCUT2D eigenvalue weighted by Gasteiger charge is 2.36. The number of nitrogens with one attached hydrogen (secondary N) is 1. The standard InChI is InChI=1S/C15H17NO2/c1-9-3-4-11(7-10(9)2)16-15(17)13-8-12-5-6-14(13)18-12/h3-4,7-8,12,14H,5-6H2,1-2H3,(H,16,17). The number of rotatable bonds is 2. The van der Waals surface area contributed by atoms with E-state index in [1.807, 2.05) is 31.2 Å². The molecule has 3 heteroatoms. The number of hydrogen-bond donors (Lipinski definition) is 1. The second-order valence-electron chi connectivity index (χ2n) is 5.12. The Morgan fingerprint density at radius 1 is 1.28 bits per heavy atom. The summed E-state index contributed by atoms with van der Waals surface area (Å²) in [7, 11) is 0. The lowest BCUT2D eigenvalue weighted by Gasteiger charge is -2.12. The van der Waals surface area contributed by atoms with Crippen molar-refractivity contribution in [2.75, 3.05) is 5.32 Å². The van der Waals surface area contributed by atoms with Crippen molar-refractivity contribution < 1.29 is 9.53 Å². The highest BCUT2D eigenvalue weighted by molar-refractivity contribution is 6.05. The van der Waals surface area contributed by atoms with Crippen LogP contribution in [0.4, 0.5) is 5.69 Å². The molecule has 18 heavy (non-hydrogen) atoms. The Morgan fingerprint density at radius 2 is 2.11 bits per heavy atom. The summed E-state index contributed by atoms with van der Waals surface area (Å²) in [6, 6.07) is 5.97. The zero-order chi connectivity index (χ0) is 12.7. The Hall–Kier alpha value is -1.61. The molecule has 2 bridgehead atoms. The molecular weight excluding hydrogens is 226 g/mol. The summed E-state index contributed by atoms with van der Waals surface area (Å²) in [6.07, 6.45) is 4.16. The van der Waals surface area contributed by atoms with Crippen molar-refractivity contribution >= 4 is 11.6 Å². The summed E-state index contributed by atoms with van der Waals surface area (Å²) in [6.45, 7) is 4.11. The average molecular weight is 243 g/mol. The molecule has 2 aliphatic rings. The van der Waals surface area contributed by atoms with Gasteiger partial charge in [-0.05, 0) is 56.0 Å². The van der Waals surface area contributed by atoms with Crippen LogP contribution in [-0.4, -0.2) is 18.1 Å². The largest absolute Gasteiger partial charge is 0.366 e. The van der Waals surface area contributed by atoms with E-state index in [0.29, 0.717) is 0 Å². The van der Waals surface area contributed by atoms with Crippen LogP contribution in [0.25, 0.3) is 0 Å². The molecule has 1 aromatic carbocycles. The zero-order valence-electron chi connectivity index (χ0n) is 10.7. The summed E-state index contributed by atoms with van der Waals surface area (Å²) in [5.74, 6) is -0.0227. The van der Waals surface area contributed by atoms with E-state index in [1.54, 1.807) is 0 Å². The highest BCUT2D eigenvalue weighted by Crippen LogP contribution is 2.34. The Kier molecular flexibility index (Phi) is 2.71. The Bertz CT molecular complexity index is 533. The van der Waals surface area contributed by atoms with E-state index in [0.717, 1.165) is 24.1 Å². The summed E-state index contributed by atoms with van der Waals surface area (Å²) in [4.78, 5) is 12.1. The molecular formula is C15H17NO2. The van der Waals surface area contributed by atoms with E-state index in [-0.39, 0.29) is 18.1 Å². The lowest BCUT2D eigenvalue weighted by molar-refractivity contribution is -0.113. The third kappa shape index (κ3) is 1.95. The number of benzene rings is 1. The number of aryl methyl sites for hydroxylation is 2. The van der Waals surface area contributed by atoms with Gasteiger partial charge in [-0.15, -0.1) is 0 Å². The third-order valence-electron chi connectivity index (χ3n) is 3.79. The van der Waals surface area contributed by atoms with Crippen molar-refractivity contribution in [2.45, 2.75) is 38.9 Å². The van der Waals surface area contributed by atoms with Gasteiger partial charge < -0.3 is 10.1 Å². The van der Waals surface area contributed by atoms with Crippen molar-refractivity contribution in [1.29, 1.82) is 0 Å². The van der Waals surface area contributed by atoms with E-state index in [1.165, 1.54) is 11.1 Å². The second kappa shape index (κ2) is 4.25. The molecule has 2 aliphatic heterocycles. The number of carbonyl (C=O) groups excluding carboxylic acids is 1. The summed E-state index contributed by atoms with van der Waals surface area (Å²) in [5.41, 5.74) is 4.07. The topological polar surface area (TPSA) is 38.3 Å². The first-order valence-corrected chi connectivity index (χ1v) is 6.39. The number of amides is 1. The first-order chi connectivity index (χ1) is 8.63. The van der Waals surface area contributed by atoms with Gasteiger partial charge in [0.2, 0.25) is 0 Å². The maximum Gasteiger partial charge on any atom is 0.253 e. The molecule has 0 aliphatic carbocycles. The summed E-state index contributed by atoms with van der Waals surface area (Å²) < 4.78 is 5.63. The van der Waals surface area contributed by atoms with Crippen LogP contribution in [0.3, 0.4) is 0 Å². The van der Waals surface area contributed by atoms with Crippen LogP contribution in [-0.2, 0) is 9.53 Å². The molecule has 0 saturated carbocycles. The van der Waals surface area contributed by atoms with Gasteiger partial charge in [0.1, 0.15) is 0 Å². The first kappa shape index (κ1) is 11.5. The van der Waals surface area contributed by atoms with Gasteiger partial charge in [-0.2, -0.15) is 0 Å². The number of carbonyl (C=O) groups is 1. The zero-order valence-corrected chi connectivity index (χ0v) is 10.7. The van der Waals surface area contributed by atoms with Crippen molar-refractivity contribution in [3.8, 4) is 0 Å². The molecule has 0 aromatic heterocycles. The number of anilines is 1. The second-order valence-corrected chi connectivity index (χ2v) is 5.12. The highest BCUT2D eigenvalue weighted by atomic mass is 16.5. The molecule has 3 nitrogen and oxygen atoms in total. The predicted octanol–water partition coefficient (Wildman–Crippen LogP) is 2.73. The van der Waals surface area contributed by atoms with E-state index in [9.17, 15) is 4.79 Å². The molecule has 1 saturated heterocycles. The molecule has 94 valence electrons. The number of fused-ring (bicyclic) bond motifs is 2. The molecule has 2 atom stereocenters. The fraction of sp³-hybridized carbons (Fsp3) is 0.400. The summed E-state index contributed by atoms with van der Waals surface area (Å²) >= 11 is 0. The van der Waals surface area contributed by atoms with Gasteiger partial charge in [0.15, 0.2) is 0 Å². The maximum atomic E-state index is 12.1. The van der Waals surface area contributed by atoms with Crippen molar-refractivity contribution in [3.63, 3.8) is 0 Å². The SMILES string of the molecule is Cc1ccc(NC(=O)C2=CC3CCC2O3)cc1C. The van der Waals surface area contributed by atoms with Crippen LogP contribution in [0.15, 0.2) is 29.8 Å². The lowest BCUT2D eigenvalue weighted by Crippen LogP contribution is -2.21. The van der Waals surface area contributed by atoms with Gasteiger partial charge in [0.05, 0.1) is 12.2 Å². The van der Waals surface area contributed by atoms with Gasteiger partial charge in [0.25, 0.3) is 5.91 Å². The molecule has 1 fully saturated rings. The molecule has 2 unspecified atom stereocenters. The molecule has 1 amide bonds. The Balaban J connectivity index is 1.75. The molecule has 2 heterocycles. The Labute approximate surface area is 107 Å². The molecule has 3 rings (SSSR count). The number of hydrogen-bond acceptors (Lipinski definition) is 2. The Morgan fingerprint density at radius 3 is 2.72 bits per heavy atom. The smallest absolute Gasteiger partial charge is 0.253 e. The number of ether oxygens (including phenoxy) is 1. The van der Waals surface area contributed by atoms with Gasteiger partial charge in [-0.1, -0.05) is 6.07 Å². The molecule has 1 N–H and O–H groups in total. The van der Waals surface area contributed by atoms with Gasteiger partial charge in [-0.3, -0.25) is 4.79 Å². The van der Waals surface area contributed by atoms with Crippen LogP contribution in [0.5, 0.6) is 0 Å². The van der Waals surface area contributed by atoms with E-state index in [4.69, 9.17) is 4.74 Å². The van der Waals surface area contributed by atoms with Gasteiger partial charge in [0, 0.05) is 11.3 Å². The van der Waals surface area contributed by atoms with Crippen molar-refractivity contribution in [1.82, 2.24) is 0 Å². The van der Waals surface area contributed by atoms with Crippen LogP contribution >= 0.6 is 0 Å². The van der Waals surface area contributed by atoms with Crippen LogP contribution in [0, 0.1) is 13.8 Å².